The number of amides is 1. The average molecular weight is 382 g/mol. The van der Waals surface area contributed by atoms with Crippen molar-refractivity contribution in [3.05, 3.63) is 35.0 Å². The SMILES string of the molecule is CS(=O)(=O)N1C2CCC1CC(NC(=O)c1cc3cc(F)ccc3s1)C2. The Hall–Kier alpha value is -1.51. The molecule has 3 heterocycles. The van der Waals surface area contributed by atoms with E-state index < -0.39 is 10.0 Å². The molecule has 0 saturated carbocycles. The third-order valence-electron chi connectivity index (χ3n) is 5.09. The van der Waals surface area contributed by atoms with E-state index in [1.807, 2.05) is 0 Å². The van der Waals surface area contributed by atoms with Gasteiger partial charge in [0, 0.05) is 22.8 Å². The highest BCUT2D eigenvalue weighted by Gasteiger charge is 2.45. The summed E-state index contributed by atoms with van der Waals surface area (Å²) < 4.78 is 39.7. The van der Waals surface area contributed by atoms with Gasteiger partial charge in [0.05, 0.1) is 11.1 Å². The van der Waals surface area contributed by atoms with E-state index in [2.05, 4.69) is 5.32 Å². The maximum atomic E-state index is 13.3. The molecule has 8 heteroatoms. The number of sulfonamides is 1. The molecule has 25 heavy (non-hydrogen) atoms. The van der Waals surface area contributed by atoms with Gasteiger partial charge in [0.2, 0.25) is 10.0 Å². The van der Waals surface area contributed by atoms with Gasteiger partial charge in [0.15, 0.2) is 0 Å². The van der Waals surface area contributed by atoms with Crippen LogP contribution in [0.4, 0.5) is 4.39 Å². The molecule has 2 fully saturated rings. The summed E-state index contributed by atoms with van der Waals surface area (Å²) in [5.74, 6) is -0.485. The molecule has 2 atom stereocenters. The Balaban J connectivity index is 1.48. The zero-order valence-electron chi connectivity index (χ0n) is 13.7. The van der Waals surface area contributed by atoms with Crippen LogP contribution in [0.5, 0.6) is 0 Å². The minimum absolute atomic E-state index is 0.0180. The quantitative estimate of drug-likeness (QED) is 0.888. The van der Waals surface area contributed by atoms with Gasteiger partial charge in [-0.1, -0.05) is 0 Å². The van der Waals surface area contributed by atoms with E-state index in [1.54, 1.807) is 16.4 Å². The zero-order chi connectivity index (χ0) is 17.8. The van der Waals surface area contributed by atoms with Crippen molar-refractivity contribution in [1.82, 2.24) is 9.62 Å². The monoisotopic (exact) mass is 382 g/mol. The number of carbonyl (C=O) groups is 1. The summed E-state index contributed by atoms with van der Waals surface area (Å²) in [5, 5.41) is 3.76. The Morgan fingerprint density at radius 3 is 2.56 bits per heavy atom. The smallest absolute Gasteiger partial charge is 0.261 e. The maximum Gasteiger partial charge on any atom is 0.261 e. The molecule has 4 rings (SSSR count). The minimum Gasteiger partial charge on any atom is -0.348 e. The summed E-state index contributed by atoms with van der Waals surface area (Å²) >= 11 is 1.34. The largest absolute Gasteiger partial charge is 0.348 e. The molecule has 0 radical (unpaired) electrons. The van der Waals surface area contributed by atoms with Gasteiger partial charge < -0.3 is 5.32 Å². The summed E-state index contributed by atoms with van der Waals surface area (Å²) in [6.07, 6.45) is 4.26. The third-order valence-corrected chi connectivity index (χ3v) is 7.56. The number of rotatable bonds is 3. The normalized spacial score (nSPS) is 26.9. The number of nitrogens with one attached hydrogen (secondary N) is 1. The molecule has 2 saturated heterocycles. The molecule has 2 aromatic rings. The summed E-state index contributed by atoms with van der Waals surface area (Å²) in [6, 6.07) is 6.14. The lowest BCUT2D eigenvalue weighted by Crippen LogP contribution is -2.52. The lowest BCUT2D eigenvalue weighted by molar-refractivity contribution is 0.0913. The van der Waals surface area contributed by atoms with Crippen LogP contribution < -0.4 is 5.32 Å². The molecular weight excluding hydrogens is 363 g/mol. The van der Waals surface area contributed by atoms with Crippen molar-refractivity contribution in [3.63, 3.8) is 0 Å². The van der Waals surface area contributed by atoms with Crippen molar-refractivity contribution in [1.29, 1.82) is 0 Å². The van der Waals surface area contributed by atoms with Crippen LogP contribution in [0.25, 0.3) is 10.1 Å². The van der Waals surface area contributed by atoms with Crippen molar-refractivity contribution in [2.24, 2.45) is 0 Å². The number of hydrogen-bond acceptors (Lipinski definition) is 4. The summed E-state index contributed by atoms with van der Waals surface area (Å²) in [4.78, 5) is 13.1. The standard InChI is InChI=1S/C17H19FN2O3S2/c1-25(22,23)20-13-3-4-14(20)9-12(8-13)19-17(21)16-7-10-6-11(18)2-5-15(10)24-16/h2,5-7,12-14H,3-4,8-9H2,1H3,(H,19,21). The molecule has 1 amide bonds. The molecule has 0 aliphatic carbocycles. The molecule has 0 spiro atoms. The van der Waals surface area contributed by atoms with Gasteiger partial charge in [-0.05, 0) is 55.3 Å². The van der Waals surface area contributed by atoms with Crippen molar-refractivity contribution >= 4 is 37.4 Å². The fourth-order valence-corrected chi connectivity index (χ4v) is 6.59. The molecule has 2 aliphatic rings. The number of nitrogens with zero attached hydrogens (tertiary/aromatic N) is 1. The van der Waals surface area contributed by atoms with Gasteiger partial charge in [-0.15, -0.1) is 11.3 Å². The van der Waals surface area contributed by atoms with Crippen molar-refractivity contribution in [3.8, 4) is 0 Å². The number of piperidine rings is 1. The van der Waals surface area contributed by atoms with E-state index in [1.165, 1.54) is 29.7 Å². The molecule has 1 aromatic carbocycles. The first-order valence-electron chi connectivity index (χ1n) is 8.30. The highest BCUT2D eigenvalue weighted by atomic mass is 32.2. The van der Waals surface area contributed by atoms with Gasteiger partial charge in [-0.3, -0.25) is 4.79 Å². The highest BCUT2D eigenvalue weighted by Crippen LogP contribution is 2.37. The summed E-state index contributed by atoms with van der Waals surface area (Å²) in [6.45, 7) is 0. The molecule has 2 aliphatic heterocycles. The molecule has 134 valence electrons. The van der Waals surface area contributed by atoms with Gasteiger partial charge in [0.1, 0.15) is 5.82 Å². The predicted molar refractivity (Wildman–Crippen MR) is 95.8 cm³/mol. The number of fused-ring (bicyclic) bond motifs is 3. The van der Waals surface area contributed by atoms with Crippen LogP contribution in [0, 0.1) is 5.82 Å². The number of benzene rings is 1. The van der Waals surface area contributed by atoms with Crippen LogP contribution >= 0.6 is 11.3 Å². The van der Waals surface area contributed by atoms with Crippen molar-refractivity contribution in [2.45, 2.75) is 43.8 Å². The van der Waals surface area contributed by atoms with Crippen molar-refractivity contribution < 1.29 is 17.6 Å². The Bertz CT molecular complexity index is 927. The first kappa shape index (κ1) is 16.9. The van der Waals surface area contributed by atoms with Gasteiger partial charge >= 0.3 is 0 Å². The fourth-order valence-electron chi connectivity index (χ4n) is 4.18. The molecule has 1 aromatic heterocycles. The van der Waals surface area contributed by atoms with Gasteiger partial charge in [-0.25, -0.2) is 12.8 Å². The average Bonchev–Trinajstić information content (AvgIpc) is 3.06. The van der Waals surface area contributed by atoms with E-state index in [-0.39, 0.29) is 29.8 Å². The maximum absolute atomic E-state index is 13.3. The summed E-state index contributed by atoms with van der Waals surface area (Å²) in [7, 11) is -3.20. The van der Waals surface area contributed by atoms with E-state index in [0.29, 0.717) is 17.7 Å². The van der Waals surface area contributed by atoms with E-state index in [4.69, 9.17) is 0 Å². The van der Waals surface area contributed by atoms with Crippen LogP contribution in [-0.2, 0) is 10.0 Å². The van der Waals surface area contributed by atoms with E-state index in [9.17, 15) is 17.6 Å². The second kappa shape index (κ2) is 6.03. The first-order chi connectivity index (χ1) is 11.8. The van der Waals surface area contributed by atoms with Crippen LogP contribution in [0.15, 0.2) is 24.3 Å². The van der Waals surface area contributed by atoms with Crippen LogP contribution in [0.1, 0.15) is 35.4 Å². The molecule has 5 nitrogen and oxygen atoms in total. The number of halogens is 1. The van der Waals surface area contributed by atoms with Gasteiger partial charge in [0.25, 0.3) is 5.91 Å². The predicted octanol–water partition coefficient (Wildman–Crippen LogP) is 2.73. The first-order valence-corrected chi connectivity index (χ1v) is 11.0. The molecule has 2 bridgehead atoms. The van der Waals surface area contributed by atoms with Crippen LogP contribution in [0.3, 0.4) is 0 Å². The third kappa shape index (κ3) is 3.18. The van der Waals surface area contributed by atoms with E-state index >= 15 is 0 Å². The Labute approximate surface area is 149 Å². The van der Waals surface area contributed by atoms with Crippen LogP contribution in [-0.4, -0.2) is 43.0 Å². The second-order valence-corrected chi connectivity index (χ2v) is 9.88. The number of hydrogen-bond donors (Lipinski definition) is 1. The molecule has 1 N–H and O–H groups in total. The molecular formula is C17H19FN2O3S2. The number of thiophene rings is 1. The second-order valence-electron chi connectivity index (χ2n) is 6.91. The summed E-state index contributed by atoms with van der Waals surface area (Å²) in [5.41, 5.74) is 0. The topological polar surface area (TPSA) is 66.5 Å². The molecule has 2 unspecified atom stereocenters. The van der Waals surface area contributed by atoms with Gasteiger partial charge in [-0.2, -0.15) is 4.31 Å². The fraction of sp³-hybridized carbons (Fsp3) is 0.471. The Kier molecular flexibility index (Phi) is 4.09. The Morgan fingerprint density at radius 2 is 1.92 bits per heavy atom. The lowest BCUT2D eigenvalue weighted by Gasteiger charge is -2.37. The zero-order valence-corrected chi connectivity index (χ0v) is 15.4. The highest BCUT2D eigenvalue weighted by molar-refractivity contribution is 7.88. The minimum atomic E-state index is -3.20. The van der Waals surface area contributed by atoms with Crippen molar-refractivity contribution in [2.75, 3.05) is 6.26 Å². The van der Waals surface area contributed by atoms with Crippen LogP contribution in [0.2, 0.25) is 0 Å². The number of carbonyl (C=O) groups excluding carboxylic acids is 1. The Morgan fingerprint density at radius 1 is 1.24 bits per heavy atom. The van der Waals surface area contributed by atoms with E-state index in [0.717, 1.165) is 22.9 Å². The lowest BCUT2D eigenvalue weighted by atomic mass is 9.99.